The number of carbonyl (C=O) groups is 1. The second kappa shape index (κ2) is 9.52. The molecule has 5 aromatic rings. The van der Waals surface area contributed by atoms with Crippen LogP contribution in [0.15, 0.2) is 87.7 Å². The van der Waals surface area contributed by atoms with Gasteiger partial charge in [-0.2, -0.15) is 0 Å². The average molecular weight is 500 g/mol. The van der Waals surface area contributed by atoms with Gasteiger partial charge in [-0.05, 0) is 67.1 Å². The predicted molar refractivity (Wildman–Crippen MR) is 138 cm³/mol. The summed E-state index contributed by atoms with van der Waals surface area (Å²) < 4.78 is 11.5. The average Bonchev–Trinajstić information content (AvgIpc) is 3.51. The summed E-state index contributed by atoms with van der Waals surface area (Å²) in [5.41, 5.74) is 3.73. The van der Waals surface area contributed by atoms with Crippen LogP contribution in [-0.2, 0) is 4.79 Å². The number of oxazole rings is 1. The van der Waals surface area contributed by atoms with Crippen molar-refractivity contribution in [3.8, 4) is 22.8 Å². The normalized spacial score (nSPS) is 11.3. The summed E-state index contributed by atoms with van der Waals surface area (Å²) in [6.07, 6.45) is 2.80. The second-order valence-electron chi connectivity index (χ2n) is 7.96. The third-order valence-corrected chi connectivity index (χ3v) is 5.87. The summed E-state index contributed by atoms with van der Waals surface area (Å²) in [5, 5.41) is 14.7. The SMILES string of the molecule is Cc1ccc(-c2nc3cc(NC(=O)/C=C/c4ccc(-c5ccccc5[N+](=O)[O-])o4)ccc3o2)cc1Cl. The summed E-state index contributed by atoms with van der Waals surface area (Å²) in [5.74, 6) is 0.769. The topological polar surface area (TPSA) is 111 Å². The number of amides is 1. The van der Waals surface area contributed by atoms with Crippen molar-refractivity contribution in [2.75, 3.05) is 5.32 Å². The van der Waals surface area contributed by atoms with Gasteiger partial charge in [0.1, 0.15) is 17.0 Å². The summed E-state index contributed by atoms with van der Waals surface area (Å²) in [6.45, 7) is 1.92. The highest BCUT2D eigenvalue weighted by Crippen LogP contribution is 2.31. The van der Waals surface area contributed by atoms with Crippen LogP contribution in [0, 0.1) is 17.0 Å². The van der Waals surface area contributed by atoms with E-state index in [9.17, 15) is 14.9 Å². The first-order chi connectivity index (χ1) is 17.4. The zero-order chi connectivity index (χ0) is 25.2. The number of anilines is 1. The number of hydrogen-bond acceptors (Lipinski definition) is 6. The van der Waals surface area contributed by atoms with E-state index in [4.69, 9.17) is 20.4 Å². The van der Waals surface area contributed by atoms with E-state index in [1.54, 1.807) is 54.6 Å². The highest BCUT2D eigenvalue weighted by molar-refractivity contribution is 6.31. The molecule has 0 spiro atoms. The molecule has 0 bridgehead atoms. The molecule has 0 aliphatic carbocycles. The summed E-state index contributed by atoms with van der Waals surface area (Å²) in [7, 11) is 0. The Morgan fingerprint density at radius 2 is 1.89 bits per heavy atom. The van der Waals surface area contributed by atoms with Crippen LogP contribution in [0.5, 0.6) is 0 Å². The zero-order valence-electron chi connectivity index (χ0n) is 18.9. The summed E-state index contributed by atoms with van der Waals surface area (Å²) in [6, 6.07) is 20.3. The van der Waals surface area contributed by atoms with Gasteiger partial charge in [-0.1, -0.05) is 29.8 Å². The number of nitrogens with zero attached hydrogens (tertiary/aromatic N) is 2. The largest absolute Gasteiger partial charge is 0.456 e. The molecule has 36 heavy (non-hydrogen) atoms. The lowest BCUT2D eigenvalue weighted by molar-refractivity contribution is -0.384. The maximum atomic E-state index is 12.5. The molecule has 2 heterocycles. The van der Waals surface area contributed by atoms with Crippen molar-refractivity contribution in [2.24, 2.45) is 0 Å². The van der Waals surface area contributed by atoms with Crippen LogP contribution in [0.1, 0.15) is 11.3 Å². The van der Waals surface area contributed by atoms with E-state index < -0.39 is 4.92 Å². The second-order valence-corrected chi connectivity index (χ2v) is 8.37. The molecule has 2 aromatic heterocycles. The Balaban J connectivity index is 1.29. The number of rotatable bonds is 6. The van der Waals surface area contributed by atoms with Crippen molar-refractivity contribution >= 4 is 46.1 Å². The molecule has 0 aliphatic heterocycles. The molecule has 1 N–H and O–H groups in total. The number of hydrogen-bond donors (Lipinski definition) is 1. The standard InChI is InChI=1S/C27H18ClN3O5/c1-16-6-7-17(14-21(16)28)27-30-22-15-18(8-11-25(22)36-27)29-26(32)13-10-19-9-12-24(35-19)20-4-2-3-5-23(20)31(33)34/h2-15H,1H3,(H,29,32)/b13-10+. The minimum absolute atomic E-state index is 0.0583. The molecule has 1 amide bonds. The molecule has 0 saturated carbocycles. The number of benzene rings is 3. The van der Waals surface area contributed by atoms with Crippen LogP contribution in [0.2, 0.25) is 5.02 Å². The Kier molecular flexibility index (Phi) is 6.10. The third kappa shape index (κ3) is 4.75. The fraction of sp³-hybridized carbons (Fsp3) is 0.0370. The van der Waals surface area contributed by atoms with Gasteiger partial charge in [0, 0.05) is 28.4 Å². The van der Waals surface area contributed by atoms with Crippen molar-refractivity contribution in [3.63, 3.8) is 0 Å². The third-order valence-electron chi connectivity index (χ3n) is 5.47. The highest BCUT2D eigenvalue weighted by Gasteiger charge is 2.17. The fourth-order valence-electron chi connectivity index (χ4n) is 3.62. The summed E-state index contributed by atoms with van der Waals surface area (Å²) in [4.78, 5) is 27.7. The summed E-state index contributed by atoms with van der Waals surface area (Å²) >= 11 is 6.21. The molecule has 8 nitrogen and oxygen atoms in total. The number of aromatic nitrogens is 1. The highest BCUT2D eigenvalue weighted by atomic mass is 35.5. The van der Waals surface area contributed by atoms with Gasteiger partial charge in [-0.15, -0.1) is 0 Å². The number of nitro benzene ring substituents is 1. The number of furan rings is 1. The molecule has 0 aliphatic rings. The first-order valence-corrected chi connectivity index (χ1v) is 11.2. The van der Waals surface area contributed by atoms with E-state index in [2.05, 4.69) is 10.3 Å². The van der Waals surface area contributed by atoms with E-state index in [-0.39, 0.29) is 11.6 Å². The molecule has 3 aromatic carbocycles. The Morgan fingerprint density at radius 3 is 2.69 bits per heavy atom. The number of fused-ring (bicyclic) bond motifs is 1. The maximum absolute atomic E-state index is 12.5. The van der Waals surface area contributed by atoms with E-state index in [1.807, 2.05) is 19.1 Å². The van der Waals surface area contributed by atoms with Crippen molar-refractivity contribution in [3.05, 3.63) is 105 Å². The van der Waals surface area contributed by atoms with Gasteiger partial charge in [-0.3, -0.25) is 14.9 Å². The van der Waals surface area contributed by atoms with Gasteiger partial charge < -0.3 is 14.2 Å². The number of aryl methyl sites for hydroxylation is 1. The lowest BCUT2D eigenvalue weighted by Crippen LogP contribution is -2.07. The minimum Gasteiger partial charge on any atom is -0.456 e. The lowest BCUT2D eigenvalue weighted by Gasteiger charge is -2.01. The molecule has 0 unspecified atom stereocenters. The van der Waals surface area contributed by atoms with Gasteiger partial charge in [0.15, 0.2) is 5.58 Å². The van der Waals surface area contributed by atoms with Crippen molar-refractivity contribution < 1.29 is 18.6 Å². The quantitative estimate of drug-likeness (QED) is 0.149. The number of nitrogens with one attached hydrogen (secondary N) is 1. The molecular formula is C27H18ClN3O5. The van der Waals surface area contributed by atoms with Crippen LogP contribution in [0.25, 0.3) is 40.0 Å². The molecular weight excluding hydrogens is 482 g/mol. The van der Waals surface area contributed by atoms with Gasteiger partial charge in [0.25, 0.3) is 5.69 Å². The first-order valence-electron chi connectivity index (χ1n) is 10.9. The van der Waals surface area contributed by atoms with Crippen molar-refractivity contribution in [1.29, 1.82) is 0 Å². The van der Waals surface area contributed by atoms with Gasteiger partial charge >= 0.3 is 0 Å². The van der Waals surface area contributed by atoms with Crippen molar-refractivity contribution in [2.45, 2.75) is 6.92 Å². The molecule has 178 valence electrons. The molecule has 0 saturated heterocycles. The zero-order valence-corrected chi connectivity index (χ0v) is 19.7. The smallest absolute Gasteiger partial charge is 0.280 e. The molecule has 9 heteroatoms. The van der Waals surface area contributed by atoms with Gasteiger partial charge in [0.05, 0.1) is 10.5 Å². The Hall–Kier alpha value is -4.69. The Labute approximate surface area is 210 Å². The van der Waals surface area contributed by atoms with Crippen LogP contribution >= 0.6 is 11.6 Å². The van der Waals surface area contributed by atoms with E-state index in [0.29, 0.717) is 44.8 Å². The number of halogens is 1. The van der Waals surface area contributed by atoms with Crippen LogP contribution in [0.3, 0.4) is 0 Å². The van der Waals surface area contributed by atoms with E-state index in [0.717, 1.165) is 11.1 Å². The maximum Gasteiger partial charge on any atom is 0.280 e. The van der Waals surface area contributed by atoms with Gasteiger partial charge in [0.2, 0.25) is 11.8 Å². The van der Waals surface area contributed by atoms with E-state index in [1.165, 1.54) is 18.2 Å². The number of para-hydroxylation sites is 1. The van der Waals surface area contributed by atoms with Crippen molar-refractivity contribution in [1.82, 2.24) is 4.98 Å². The fourth-order valence-corrected chi connectivity index (χ4v) is 3.81. The molecule has 0 radical (unpaired) electrons. The van der Waals surface area contributed by atoms with Crippen LogP contribution in [0.4, 0.5) is 11.4 Å². The van der Waals surface area contributed by atoms with Crippen LogP contribution in [-0.4, -0.2) is 15.8 Å². The Morgan fingerprint density at radius 1 is 1.06 bits per heavy atom. The first kappa shape index (κ1) is 23.1. The predicted octanol–water partition coefficient (Wildman–Crippen LogP) is 7.28. The molecule has 0 fully saturated rings. The number of nitro groups is 1. The minimum atomic E-state index is -0.467. The number of carbonyl (C=O) groups excluding carboxylic acids is 1. The molecule has 0 atom stereocenters. The van der Waals surface area contributed by atoms with Crippen LogP contribution < -0.4 is 5.32 Å². The Bertz CT molecular complexity index is 1650. The van der Waals surface area contributed by atoms with Gasteiger partial charge in [-0.25, -0.2) is 4.98 Å². The lowest BCUT2D eigenvalue weighted by atomic mass is 10.1. The monoisotopic (exact) mass is 499 g/mol. The van der Waals surface area contributed by atoms with E-state index >= 15 is 0 Å². The molecule has 5 rings (SSSR count).